The first-order valence-electron chi connectivity index (χ1n) is 6.49. The highest BCUT2D eigenvalue weighted by Crippen LogP contribution is 2.25. The van der Waals surface area contributed by atoms with Gasteiger partial charge < -0.3 is 10.8 Å². The number of carboxylic acid groups (broad SMARTS) is 1. The molecule has 2 aromatic carbocycles. The third kappa shape index (κ3) is 2.54. The minimum Gasteiger partial charge on any atom is -0.478 e. The van der Waals surface area contributed by atoms with Crippen LogP contribution in [0.15, 0.2) is 54.7 Å². The SMILES string of the molecule is Nc1cn(-c2ccc(C(=O)O)cc2)nc1-c1ccc(F)cc1. The van der Waals surface area contributed by atoms with Crippen LogP contribution in [0, 0.1) is 5.82 Å². The number of aromatic nitrogens is 2. The third-order valence-electron chi connectivity index (χ3n) is 3.24. The van der Waals surface area contributed by atoms with Crippen molar-refractivity contribution in [2.24, 2.45) is 0 Å². The summed E-state index contributed by atoms with van der Waals surface area (Å²) < 4.78 is 14.5. The van der Waals surface area contributed by atoms with E-state index in [9.17, 15) is 9.18 Å². The second-order valence-electron chi connectivity index (χ2n) is 4.74. The van der Waals surface area contributed by atoms with Crippen LogP contribution >= 0.6 is 0 Å². The van der Waals surface area contributed by atoms with Gasteiger partial charge in [-0.2, -0.15) is 5.10 Å². The molecule has 0 fully saturated rings. The van der Waals surface area contributed by atoms with E-state index in [-0.39, 0.29) is 11.4 Å². The number of hydrogen-bond donors (Lipinski definition) is 2. The second-order valence-corrected chi connectivity index (χ2v) is 4.74. The van der Waals surface area contributed by atoms with Crippen molar-refractivity contribution in [3.63, 3.8) is 0 Å². The molecule has 5 nitrogen and oxygen atoms in total. The molecule has 0 aliphatic rings. The summed E-state index contributed by atoms with van der Waals surface area (Å²) in [5.74, 6) is -1.32. The lowest BCUT2D eigenvalue weighted by molar-refractivity contribution is 0.0697. The lowest BCUT2D eigenvalue weighted by Gasteiger charge is -2.02. The van der Waals surface area contributed by atoms with Crippen molar-refractivity contribution in [2.75, 3.05) is 5.73 Å². The average molecular weight is 297 g/mol. The van der Waals surface area contributed by atoms with E-state index in [2.05, 4.69) is 5.10 Å². The topological polar surface area (TPSA) is 81.1 Å². The number of halogens is 1. The average Bonchev–Trinajstić information content (AvgIpc) is 2.90. The molecule has 0 unspecified atom stereocenters. The highest BCUT2D eigenvalue weighted by atomic mass is 19.1. The van der Waals surface area contributed by atoms with E-state index in [0.29, 0.717) is 22.6 Å². The van der Waals surface area contributed by atoms with E-state index in [1.165, 1.54) is 24.3 Å². The van der Waals surface area contributed by atoms with E-state index >= 15 is 0 Å². The molecule has 3 aromatic rings. The fourth-order valence-corrected chi connectivity index (χ4v) is 2.11. The Morgan fingerprint density at radius 3 is 2.32 bits per heavy atom. The van der Waals surface area contributed by atoms with E-state index in [4.69, 9.17) is 10.8 Å². The number of carboxylic acids is 1. The first-order valence-corrected chi connectivity index (χ1v) is 6.49. The Hall–Kier alpha value is -3.15. The molecule has 3 rings (SSSR count). The standard InChI is InChI=1S/C16H12FN3O2/c17-12-5-1-10(2-6-12)15-14(18)9-20(19-15)13-7-3-11(4-8-13)16(21)22/h1-9H,18H2,(H,21,22). The van der Waals surface area contributed by atoms with Gasteiger partial charge >= 0.3 is 5.97 Å². The summed E-state index contributed by atoms with van der Waals surface area (Å²) in [6, 6.07) is 12.2. The molecule has 1 aromatic heterocycles. The molecule has 6 heteroatoms. The van der Waals surface area contributed by atoms with E-state index in [0.717, 1.165) is 0 Å². The molecular formula is C16H12FN3O2. The van der Waals surface area contributed by atoms with Crippen LogP contribution in [0.3, 0.4) is 0 Å². The molecule has 0 saturated carbocycles. The molecule has 0 aliphatic carbocycles. The van der Waals surface area contributed by atoms with Crippen molar-refractivity contribution in [2.45, 2.75) is 0 Å². The lowest BCUT2D eigenvalue weighted by atomic mass is 10.1. The molecule has 0 aliphatic heterocycles. The van der Waals surface area contributed by atoms with Crippen molar-refractivity contribution in [3.05, 3.63) is 66.1 Å². The number of rotatable bonds is 3. The number of carbonyl (C=O) groups is 1. The minimum atomic E-state index is -0.987. The molecule has 0 bridgehead atoms. The summed E-state index contributed by atoms with van der Waals surface area (Å²) in [6.45, 7) is 0. The molecule has 0 saturated heterocycles. The van der Waals surface area contributed by atoms with Gasteiger partial charge in [0.1, 0.15) is 11.5 Å². The van der Waals surface area contributed by atoms with Gasteiger partial charge in [0.15, 0.2) is 0 Å². The third-order valence-corrected chi connectivity index (χ3v) is 3.24. The number of benzene rings is 2. The second kappa shape index (κ2) is 5.33. The molecule has 3 N–H and O–H groups in total. The normalized spacial score (nSPS) is 10.6. The zero-order valence-corrected chi connectivity index (χ0v) is 11.4. The monoisotopic (exact) mass is 297 g/mol. The van der Waals surface area contributed by atoms with Crippen molar-refractivity contribution in [1.29, 1.82) is 0 Å². The summed E-state index contributed by atoms with van der Waals surface area (Å²) in [7, 11) is 0. The lowest BCUT2D eigenvalue weighted by Crippen LogP contribution is -1.98. The Bertz CT molecular complexity index is 824. The predicted octanol–water partition coefficient (Wildman–Crippen LogP) is 2.96. The van der Waals surface area contributed by atoms with Gasteiger partial charge in [0.05, 0.1) is 23.1 Å². The Balaban J connectivity index is 1.98. The highest BCUT2D eigenvalue weighted by molar-refractivity contribution is 5.87. The summed E-state index contributed by atoms with van der Waals surface area (Å²) in [5, 5.41) is 13.3. The Morgan fingerprint density at radius 1 is 1.09 bits per heavy atom. The minimum absolute atomic E-state index is 0.197. The van der Waals surface area contributed by atoms with Crippen LogP contribution in [0.1, 0.15) is 10.4 Å². The summed E-state index contributed by atoms with van der Waals surface area (Å²) >= 11 is 0. The first-order chi connectivity index (χ1) is 10.5. The number of hydrogen-bond acceptors (Lipinski definition) is 3. The molecule has 22 heavy (non-hydrogen) atoms. The van der Waals surface area contributed by atoms with Crippen molar-refractivity contribution in [1.82, 2.24) is 9.78 Å². The van der Waals surface area contributed by atoms with Crippen molar-refractivity contribution >= 4 is 11.7 Å². The van der Waals surface area contributed by atoms with Crippen LogP contribution in [-0.2, 0) is 0 Å². The van der Waals surface area contributed by atoms with E-state index in [1.54, 1.807) is 35.1 Å². The molecule has 0 amide bonds. The first kappa shape index (κ1) is 13.8. The molecule has 0 radical (unpaired) electrons. The largest absolute Gasteiger partial charge is 0.478 e. The van der Waals surface area contributed by atoms with Crippen molar-refractivity contribution < 1.29 is 14.3 Å². The number of nitrogens with zero attached hydrogens (tertiary/aromatic N) is 2. The molecule has 1 heterocycles. The van der Waals surface area contributed by atoms with Crippen molar-refractivity contribution in [3.8, 4) is 16.9 Å². The molecule has 110 valence electrons. The van der Waals surface area contributed by atoms with Gasteiger partial charge in [0, 0.05) is 5.56 Å². The fraction of sp³-hybridized carbons (Fsp3) is 0. The summed E-state index contributed by atoms with van der Waals surface area (Å²) in [6.07, 6.45) is 1.63. The van der Waals surface area contributed by atoms with Gasteiger partial charge in [-0.05, 0) is 48.5 Å². The number of aromatic carboxylic acids is 1. The summed E-state index contributed by atoms with van der Waals surface area (Å²) in [4.78, 5) is 10.8. The Kier molecular flexibility index (Phi) is 3.34. The number of nitrogen functional groups attached to an aromatic ring is 1. The summed E-state index contributed by atoms with van der Waals surface area (Å²) in [5.41, 5.74) is 8.54. The maximum atomic E-state index is 13.0. The number of anilines is 1. The van der Waals surface area contributed by atoms with Gasteiger partial charge in [-0.3, -0.25) is 0 Å². The van der Waals surface area contributed by atoms with Crippen LogP contribution in [0.2, 0.25) is 0 Å². The zero-order chi connectivity index (χ0) is 15.7. The van der Waals surface area contributed by atoms with Gasteiger partial charge in [-0.15, -0.1) is 0 Å². The maximum absolute atomic E-state index is 13.0. The van der Waals surface area contributed by atoms with Gasteiger partial charge in [-0.1, -0.05) is 0 Å². The quantitative estimate of drug-likeness (QED) is 0.778. The van der Waals surface area contributed by atoms with Crippen LogP contribution in [0.4, 0.5) is 10.1 Å². The number of nitrogens with two attached hydrogens (primary N) is 1. The van der Waals surface area contributed by atoms with Gasteiger partial charge in [0.25, 0.3) is 0 Å². The van der Waals surface area contributed by atoms with Crippen LogP contribution in [-0.4, -0.2) is 20.9 Å². The molecular weight excluding hydrogens is 285 g/mol. The predicted molar refractivity (Wildman–Crippen MR) is 80.3 cm³/mol. The van der Waals surface area contributed by atoms with E-state index < -0.39 is 5.97 Å². The maximum Gasteiger partial charge on any atom is 0.335 e. The molecule has 0 atom stereocenters. The smallest absolute Gasteiger partial charge is 0.335 e. The van der Waals surface area contributed by atoms with E-state index in [1.807, 2.05) is 0 Å². The Labute approximate surface area is 125 Å². The molecule has 0 spiro atoms. The van der Waals surface area contributed by atoms with Crippen LogP contribution in [0.25, 0.3) is 16.9 Å². The van der Waals surface area contributed by atoms with Crippen LogP contribution in [0.5, 0.6) is 0 Å². The van der Waals surface area contributed by atoms with Gasteiger partial charge in [-0.25, -0.2) is 13.9 Å². The Morgan fingerprint density at radius 2 is 1.73 bits per heavy atom. The highest BCUT2D eigenvalue weighted by Gasteiger charge is 2.10. The zero-order valence-electron chi connectivity index (χ0n) is 11.4. The van der Waals surface area contributed by atoms with Crippen LogP contribution < -0.4 is 5.73 Å². The fourth-order valence-electron chi connectivity index (χ4n) is 2.11. The van der Waals surface area contributed by atoms with Gasteiger partial charge in [0.2, 0.25) is 0 Å².